The number of carbonyl (C=O) groups excluding carboxylic acids is 2. The standard InChI is InChI=1S/C18H16Cl2N2O2/c1-11-4-2-5-13(8-11)22-10-12(9-16(22)23)18(24)21-17-14(19)6-3-7-15(17)20/h2-8,12H,9-10H2,1H3,(H,21,24). The van der Waals surface area contributed by atoms with Crippen molar-refractivity contribution < 1.29 is 9.59 Å². The Morgan fingerprint density at radius 3 is 2.50 bits per heavy atom. The molecule has 1 heterocycles. The Kier molecular flexibility index (Phi) is 4.78. The highest BCUT2D eigenvalue weighted by molar-refractivity contribution is 6.39. The number of carbonyl (C=O) groups is 2. The Labute approximate surface area is 150 Å². The normalized spacial score (nSPS) is 17.2. The first kappa shape index (κ1) is 16.8. The summed E-state index contributed by atoms with van der Waals surface area (Å²) in [6.45, 7) is 2.31. The number of hydrogen-bond acceptors (Lipinski definition) is 2. The molecular weight excluding hydrogens is 347 g/mol. The molecule has 24 heavy (non-hydrogen) atoms. The van der Waals surface area contributed by atoms with Crippen LogP contribution in [0.2, 0.25) is 10.0 Å². The molecule has 1 unspecified atom stereocenters. The van der Waals surface area contributed by atoms with Crippen molar-refractivity contribution in [2.24, 2.45) is 5.92 Å². The SMILES string of the molecule is Cc1cccc(N2CC(C(=O)Nc3c(Cl)cccc3Cl)CC2=O)c1. The number of hydrogen-bond donors (Lipinski definition) is 1. The molecule has 0 spiro atoms. The number of rotatable bonds is 3. The van der Waals surface area contributed by atoms with Crippen LogP contribution in [0.25, 0.3) is 0 Å². The zero-order valence-electron chi connectivity index (χ0n) is 13.1. The molecule has 2 amide bonds. The molecule has 3 rings (SSSR count). The zero-order chi connectivity index (χ0) is 17.3. The van der Waals surface area contributed by atoms with Crippen molar-refractivity contribution in [1.82, 2.24) is 0 Å². The molecule has 2 aromatic carbocycles. The predicted molar refractivity (Wildman–Crippen MR) is 96.7 cm³/mol. The van der Waals surface area contributed by atoms with Crippen LogP contribution in [0.1, 0.15) is 12.0 Å². The highest BCUT2D eigenvalue weighted by Gasteiger charge is 2.35. The Morgan fingerprint density at radius 1 is 1.17 bits per heavy atom. The van der Waals surface area contributed by atoms with Crippen LogP contribution in [0, 0.1) is 12.8 Å². The quantitative estimate of drug-likeness (QED) is 0.884. The monoisotopic (exact) mass is 362 g/mol. The summed E-state index contributed by atoms with van der Waals surface area (Å²) >= 11 is 12.1. The Morgan fingerprint density at radius 2 is 1.83 bits per heavy atom. The van der Waals surface area contributed by atoms with Gasteiger partial charge in [0.15, 0.2) is 0 Å². The molecule has 1 fully saturated rings. The first-order chi connectivity index (χ1) is 11.5. The Bertz CT molecular complexity index is 787. The molecule has 1 aliphatic heterocycles. The number of amides is 2. The first-order valence-corrected chi connectivity index (χ1v) is 8.33. The van der Waals surface area contributed by atoms with Crippen molar-refractivity contribution >= 4 is 46.4 Å². The van der Waals surface area contributed by atoms with Gasteiger partial charge in [-0.25, -0.2) is 0 Å². The van der Waals surface area contributed by atoms with Crippen LogP contribution >= 0.6 is 23.2 Å². The lowest BCUT2D eigenvalue weighted by Gasteiger charge is -2.17. The molecule has 1 N–H and O–H groups in total. The maximum Gasteiger partial charge on any atom is 0.229 e. The molecule has 124 valence electrons. The summed E-state index contributed by atoms with van der Waals surface area (Å²) in [7, 11) is 0. The molecule has 4 nitrogen and oxygen atoms in total. The first-order valence-electron chi connectivity index (χ1n) is 7.57. The van der Waals surface area contributed by atoms with E-state index in [1.165, 1.54) is 0 Å². The van der Waals surface area contributed by atoms with Crippen molar-refractivity contribution in [3.63, 3.8) is 0 Å². The number of anilines is 2. The van der Waals surface area contributed by atoms with E-state index < -0.39 is 5.92 Å². The Hall–Kier alpha value is -2.04. The van der Waals surface area contributed by atoms with E-state index in [2.05, 4.69) is 5.32 Å². The summed E-state index contributed by atoms with van der Waals surface area (Å²) in [6, 6.07) is 12.7. The van der Waals surface area contributed by atoms with Gasteiger partial charge >= 0.3 is 0 Å². The number of benzene rings is 2. The van der Waals surface area contributed by atoms with E-state index in [0.29, 0.717) is 22.3 Å². The topological polar surface area (TPSA) is 49.4 Å². The van der Waals surface area contributed by atoms with Crippen LogP contribution < -0.4 is 10.2 Å². The van der Waals surface area contributed by atoms with E-state index >= 15 is 0 Å². The van der Waals surface area contributed by atoms with E-state index in [4.69, 9.17) is 23.2 Å². The van der Waals surface area contributed by atoms with Crippen molar-refractivity contribution in [3.8, 4) is 0 Å². The lowest BCUT2D eigenvalue weighted by atomic mass is 10.1. The van der Waals surface area contributed by atoms with E-state index in [1.807, 2.05) is 31.2 Å². The molecule has 6 heteroatoms. The maximum atomic E-state index is 12.5. The lowest BCUT2D eigenvalue weighted by Crippen LogP contribution is -2.28. The minimum atomic E-state index is -0.439. The van der Waals surface area contributed by atoms with E-state index in [0.717, 1.165) is 11.3 Å². The van der Waals surface area contributed by atoms with Gasteiger partial charge in [-0.2, -0.15) is 0 Å². The van der Waals surface area contributed by atoms with Gasteiger partial charge in [-0.05, 0) is 36.8 Å². The van der Waals surface area contributed by atoms with Crippen molar-refractivity contribution in [2.75, 3.05) is 16.8 Å². The summed E-state index contributed by atoms with van der Waals surface area (Å²) in [4.78, 5) is 26.4. The van der Waals surface area contributed by atoms with Gasteiger partial charge in [0.1, 0.15) is 0 Å². The summed E-state index contributed by atoms with van der Waals surface area (Å²) in [6.07, 6.45) is 0.168. The molecule has 0 aliphatic carbocycles. The van der Waals surface area contributed by atoms with Gasteiger partial charge in [-0.15, -0.1) is 0 Å². The molecule has 0 radical (unpaired) electrons. The molecule has 0 aromatic heterocycles. The third kappa shape index (κ3) is 3.40. The van der Waals surface area contributed by atoms with E-state index in [1.54, 1.807) is 23.1 Å². The number of nitrogens with zero attached hydrogens (tertiary/aromatic N) is 1. The number of aryl methyl sites for hydroxylation is 1. The predicted octanol–water partition coefficient (Wildman–Crippen LogP) is 4.29. The van der Waals surface area contributed by atoms with Crippen molar-refractivity contribution in [3.05, 3.63) is 58.1 Å². The van der Waals surface area contributed by atoms with Gasteiger partial charge < -0.3 is 10.2 Å². The minimum absolute atomic E-state index is 0.0639. The largest absolute Gasteiger partial charge is 0.323 e. The van der Waals surface area contributed by atoms with Crippen molar-refractivity contribution in [1.29, 1.82) is 0 Å². The van der Waals surface area contributed by atoms with Crippen LogP contribution in [-0.2, 0) is 9.59 Å². The third-order valence-corrected chi connectivity index (χ3v) is 4.65. The van der Waals surface area contributed by atoms with Crippen LogP contribution in [0.5, 0.6) is 0 Å². The smallest absolute Gasteiger partial charge is 0.229 e. The fourth-order valence-electron chi connectivity index (χ4n) is 2.77. The summed E-state index contributed by atoms with van der Waals surface area (Å²) in [5, 5.41) is 3.48. The molecular formula is C18H16Cl2N2O2. The number of halogens is 2. The molecule has 2 aromatic rings. The third-order valence-electron chi connectivity index (χ3n) is 4.02. The summed E-state index contributed by atoms with van der Waals surface area (Å²) in [5.41, 5.74) is 2.26. The molecule has 1 saturated heterocycles. The van der Waals surface area contributed by atoms with Gasteiger partial charge in [-0.3, -0.25) is 9.59 Å². The van der Waals surface area contributed by atoms with E-state index in [-0.39, 0.29) is 18.2 Å². The van der Waals surface area contributed by atoms with Crippen LogP contribution in [0.4, 0.5) is 11.4 Å². The highest BCUT2D eigenvalue weighted by Crippen LogP contribution is 2.32. The Balaban J connectivity index is 1.75. The zero-order valence-corrected chi connectivity index (χ0v) is 14.6. The molecule has 0 saturated carbocycles. The lowest BCUT2D eigenvalue weighted by molar-refractivity contribution is -0.122. The van der Waals surface area contributed by atoms with Crippen LogP contribution in [0.3, 0.4) is 0 Å². The fourth-order valence-corrected chi connectivity index (χ4v) is 3.26. The molecule has 1 aliphatic rings. The van der Waals surface area contributed by atoms with Gasteiger partial charge in [0.05, 0.1) is 21.7 Å². The van der Waals surface area contributed by atoms with E-state index in [9.17, 15) is 9.59 Å². The van der Waals surface area contributed by atoms with Gasteiger partial charge in [0.25, 0.3) is 0 Å². The average molecular weight is 363 g/mol. The summed E-state index contributed by atoms with van der Waals surface area (Å²) in [5.74, 6) is -0.759. The molecule has 0 bridgehead atoms. The second kappa shape index (κ2) is 6.83. The molecule has 1 atom stereocenters. The maximum absolute atomic E-state index is 12.5. The van der Waals surface area contributed by atoms with Gasteiger partial charge in [0.2, 0.25) is 11.8 Å². The van der Waals surface area contributed by atoms with Gasteiger partial charge in [-0.1, -0.05) is 41.4 Å². The fraction of sp³-hybridized carbons (Fsp3) is 0.222. The van der Waals surface area contributed by atoms with Crippen molar-refractivity contribution in [2.45, 2.75) is 13.3 Å². The van der Waals surface area contributed by atoms with Crippen LogP contribution in [-0.4, -0.2) is 18.4 Å². The minimum Gasteiger partial charge on any atom is -0.323 e. The summed E-state index contributed by atoms with van der Waals surface area (Å²) < 4.78 is 0. The highest BCUT2D eigenvalue weighted by atomic mass is 35.5. The number of nitrogens with one attached hydrogen (secondary N) is 1. The second-order valence-electron chi connectivity index (χ2n) is 5.83. The number of para-hydroxylation sites is 1. The second-order valence-corrected chi connectivity index (χ2v) is 6.64. The van der Waals surface area contributed by atoms with Crippen LogP contribution in [0.15, 0.2) is 42.5 Å². The average Bonchev–Trinajstić information content (AvgIpc) is 2.93. The van der Waals surface area contributed by atoms with Gasteiger partial charge in [0, 0.05) is 18.7 Å².